The van der Waals surface area contributed by atoms with Crippen LogP contribution in [-0.2, 0) is 0 Å². The van der Waals surface area contributed by atoms with Crippen molar-refractivity contribution in [3.05, 3.63) is 96.3 Å². The van der Waals surface area contributed by atoms with Gasteiger partial charge in [-0.05, 0) is 48.5 Å². The van der Waals surface area contributed by atoms with Crippen LogP contribution in [0, 0.1) is 5.82 Å². The summed E-state index contributed by atoms with van der Waals surface area (Å²) in [5.74, 6) is 0.256. The summed E-state index contributed by atoms with van der Waals surface area (Å²) in [6, 6.07) is 24.9. The fraction of sp³-hybridized carbons (Fsp3) is 0.0455. The quantitative estimate of drug-likeness (QED) is 0.342. The van der Waals surface area contributed by atoms with Gasteiger partial charge in [-0.25, -0.2) is 4.39 Å². The van der Waals surface area contributed by atoms with Crippen molar-refractivity contribution in [3.8, 4) is 5.69 Å². The van der Waals surface area contributed by atoms with E-state index in [9.17, 15) is 9.18 Å². The monoisotopic (exact) mass is 404 g/mol. The molecule has 0 fully saturated rings. The van der Waals surface area contributed by atoms with E-state index in [-0.39, 0.29) is 17.4 Å². The zero-order chi connectivity index (χ0) is 20.1. The van der Waals surface area contributed by atoms with Crippen molar-refractivity contribution in [1.29, 1.82) is 0 Å². The van der Waals surface area contributed by atoms with Gasteiger partial charge in [0.05, 0.1) is 11.4 Å². The summed E-state index contributed by atoms with van der Waals surface area (Å²) in [5.41, 5.74) is 2.23. The lowest BCUT2D eigenvalue weighted by Crippen LogP contribution is -2.06. The molecule has 1 heterocycles. The summed E-state index contributed by atoms with van der Waals surface area (Å²) in [7, 11) is 0. The van der Waals surface area contributed by atoms with Crippen molar-refractivity contribution in [2.75, 3.05) is 11.1 Å². The number of halogens is 1. The van der Waals surface area contributed by atoms with Crippen LogP contribution in [0.25, 0.3) is 5.69 Å². The first kappa shape index (κ1) is 18.9. The van der Waals surface area contributed by atoms with Gasteiger partial charge in [0.25, 0.3) is 0 Å². The third kappa shape index (κ3) is 4.52. The highest BCUT2D eigenvalue weighted by Gasteiger charge is 2.16. The Balaban J connectivity index is 1.59. The number of thioether (sulfide) groups is 1. The number of aromatic nitrogens is 3. The molecule has 4 rings (SSSR count). The SMILES string of the molecule is O=C(CSc1nnc(Nc2ccccc2)n1-c1ccccc1)c1ccc(F)cc1. The van der Waals surface area contributed by atoms with Gasteiger partial charge in [-0.2, -0.15) is 0 Å². The molecule has 0 saturated carbocycles. The van der Waals surface area contributed by atoms with E-state index in [0.717, 1.165) is 11.4 Å². The number of nitrogens with one attached hydrogen (secondary N) is 1. The average molecular weight is 404 g/mol. The van der Waals surface area contributed by atoms with Crippen LogP contribution < -0.4 is 5.32 Å². The topological polar surface area (TPSA) is 59.8 Å². The van der Waals surface area contributed by atoms with Gasteiger partial charge in [-0.15, -0.1) is 10.2 Å². The highest BCUT2D eigenvalue weighted by molar-refractivity contribution is 7.99. The first-order valence-corrected chi connectivity index (χ1v) is 9.94. The summed E-state index contributed by atoms with van der Waals surface area (Å²) in [6.07, 6.45) is 0. The number of Topliss-reactive ketones (excluding diaryl/α,β-unsaturated/α-hetero) is 1. The maximum Gasteiger partial charge on any atom is 0.234 e. The molecule has 0 amide bonds. The zero-order valence-electron chi connectivity index (χ0n) is 15.3. The number of rotatable bonds is 7. The molecular formula is C22H17FN4OS. The number of hydrogen-bond acceptors (Lipinski definition) is 5. The van der Waals surface area contributed by atoms with Crippen LogP contribution in [-0.4, -0.2) is 26.3 Å². The summed E-state index contributed by atoms with van der Waals surface area (Å²) in [6.45, 7) is 0. The molecule has 0 bridgehead atoms. The van der Waals surface area contributed by atoms with Gasteiger partial charge < -0.3 is 5.32 Å². The van der Waals surface area contributed by atoms with E-state index >= 15 is 0 Å². The van der Waals surface area contributed by atoms with Crippen LogP contribution in [0.5, 0.6) is 0 Å². The summed E-state index contributed by atoms with van der Waals surface area (Å²) in [5, 5.41) is 12.4. The molecule has 0 aliphatic rings. The second-order valence-electron chi connectivity index (χ2n) is 6.19. The fourth-order valence-electron chi connectivity index (χ4n) is 2.75. The van der Waals surface area contributed by atoms with Crippen molar-refractivity contribution in [3.63, 3.8) is 0 Å². The highest BCUT2D eigenvalue weighted by atomic mass is 32.2. The van der Waals surface area contributed by atoms with E-state index in [0.29, 0.717) is 16.7 Å². The molecule has 144 valence electrons. The van der Waals surface area contributed by atoms with Crippen LogP contribution in [0.1, 0.15) is 10.4 Å². The Morgan fingerprint density at radius 2 is 1.55 bits per heavy atom. The second-order valence-corrected chi connectivity index (χ2v) is 7.13. The van der Waals surface area contributed by atoms with Crippen molar-refractivity contribution >= 4 is 29.2 Å². The molecule has 0 aliphatic carbocycles. The number of nitrogens with zero attached hydrogens (tertiary/aromatic N) is 3. The molecule has 0 spiro atoms. The Bertz CT molecular complexity index is 1100. The Morgan fingerprint density at radius 1 is 0.897 bits per heavy atom. The standard InChI is InChI=1S/C22H17FN4OS/c23-17-13-11-16(12-14-17)20(28)15-29-22-26-25-21(24-18-7-3-1-4-8-18)27(22)19-9-5-2-6-10-19/h1-14H,15H2,(H,24,25). The Hall–Kier alpha value is -3.45. The van der Waals surface area contributed by atoms with Crippen molar-refractivity contribution in [2.45, 2.75) is 5.16 Å². The smallest absolute Gasteiger partial charge is 0.234 e. The van der Waals surface area contributed by atoms with E-state index in [1.165, 1.54) is 36.0 Å². The molecular weight excluding hydrogens is 387 g/mol. The van der Waals surface area contributed by atoms with Gasteiger partial charge in [0.1, 0.15) is 5.82 Å². The van der Waals surface area contributed by atoms with Gasteiger partial charge in [-0.1, -0.05) is 48.2 Å². The van der Waals surface area contributed by atoms with Crippen LogP contribution in [0.3, 0.4) is 0 Å². The number of ketones is 1. The molecule has 5 nitrogen and oxygen atoms in total. The minimum absolute atomic E-state index is 0.102. The molecule has 0 unspecified atom stereocenters. The lowest BCUT2D eigenvalue weighted by atomic mass is 10.1. The molecule has 29 heavy (non-hydrogen) atoms. The lowest BCUT2D eigenvalue weighted by Gasteiger charge is -2.11. The molecule has 0 aliphatic heterocycles. The molecule has 1 N–H and O–H groups in total. The van der Waals surface area contributed by atoms with E-state index in [2.05, 4.69) is 15.5 Å². The number of carbonyl (C=O) groups excluding carboxylic acids is 1. The van der Waals surface area contributed by atoms with Crippen LogP contribution in [0.2, 0.25) is 0 Å². The number of hydrogen-bond donors (Lipinski definition) is 1. The maximum atomic E-state index is 13.1. The number of benzene rings is 3. The fourth-order valence-corrected chi connectivity index (χ4v) is 3.60. The highest BCUT2D eigenvalue weighted by Crippen LogP contribution is 2.27. The lowest BCUT2D eigenvalue weighted by molar-refractivity contribution is 0.102. The molecule has 0 saturated heterocycles. The molecule has 3 aromatic carbocycles. The first-order valence-electron chi connectivity index (χ1n) is 8.95. The van der Waals surface area contributed by atoms with E-state index in [1.807, 2.05) is 65.2 Å². The zero-order valence-corrected chi connectivity index (χ0v) is 16.1. The maximum absolute atomic E-state index is 13.1. The minimum Gasteiger partial charge on any atom is -0.324 e. The second kappa shape index (κ2) is 8.70. The number of para-hydroxylation sites is 2. The Morgan fingerprint density at radius 3 is 2.24 bits per heavy atom. The van der Waals surface area contributed by atoms with Crippen LogP contribution in [0.15, 0.2) is 90.1 Å². The van der Waals surface area contributed by atoms with E-state index < -0.39 is 0 Å². The third-order valence-electron chi connectivity index (χ3n) is 4.18. The molecule has 4 aromatic rings. The third-order valence-corrected chi connectivity index (χ3v) is 5.11. The molecule has 7 heteroatoms. The predicted molar refractivity (Wildman–Crippen MR) is 113 cm³/mol. The molecule has 0 radical (unpaired) electrons. The van der Waals surface area contributed by atoms with Gasteiger partial charge in [0.2, 0.25) is 5.95 Å². The first-order chi connectivity index (χ1) is 14.2. The number of anilines is 2. The Labute approximate surface area is 171 Å². The molecule has 1 aromatic heterocycles. The van der Waals surface area contributed by atoms with Gasteiger partial charge in [-0.3, -0.25) is 9.36 Å². The van der Waals surface area contributed by atoms with Crippen molar-refractivity contribution in [1.82, 2.24) is 14.8 Å². The largest absolute Gasteiger partial charge is 0.324 e. The number of carbonyl (C=O) groups is 1. The summed E-state index contributed by atoms with van der Waals surface area (Å²) >= 11 is 1.29. The molecule has 0 atom stereocenters. The normalized spacial score (nSPS) is 10.7. The van der Waals surface area contributed by atoms with Gasteiger partial charge in [0.15, 0.2) is 10.9 Å². The Kier molecular flexibility index (Phi) is 5.67. The van der Waals surface area contributed by atoms with Gasteiger partial charge in [0, 0.05) is 11.3 Å². The average Bonchev–Trinajstić information content (AvgIpc) is 3.16. The predicted octanol–water partition coefficient (Wildman–Crippen LogP) is 5.13. The summed E-state index contributed by atoms with van der Waals surface area (Å²) in [4.78, 5) is 12.5. The van der Waals surface area contributed by atoms with Crippen molar-refractivity contribution < 1.29 is 9.18 Å². The summed E-state index contributed by atoms with van der Waals surface area (Å²) < 4.78 is 14.9. The van der Waals surface area contributed by atoms with Crippen LogP contribution >= 0.6 is 11.8 Å². The minimum atomic E-state index is -0.366. The van der Waals surface area contributed by atoms with Crippen molar-refractivity contribution in [2.24, 2.45) is 0 Å². The van der Waals surface area contributed by atoms with Gasteiger partial charge >= 0.3 is 0 Å². The van der Waals surface area contributed by atoms with E-state index in [4.69, 9.17) is 0 Å². The van der Waals surface area contributed by atoms with E-state index in [1.54, 1.807) is 0 Å². The van der Waals surface area contributed by atoms with Crippen LogP contribution in [0.4, 0.5) is 16.0 Å².